The van der Waals surface area contributed by atoms with Crippen molar-refractivity contribution in [1.82, 2.24) is 10.6 Å². The van der Waals surface area contributed by atoms with Crippen molar-refractivity contribution in [3.8, 4) is 5.75 Å². The Kier molecular flexibility index (Phi) is 6.35. The largest absolute Gasteiger partial charge is 0.484 e. The van der Waals surface area contributed by atoms with Gasteiger partial charge >= 0.3 is 6.18 Å². The Hall–Kier alpha value is -3.73. The highest BCUT2D eigenvalue weighted by molar-refractivity contribution is 7.80. The number of hydrogen-bond donors (Lipinski definition) is 3. The molecule has 0 bridgehead atoms. The van der Waals surface area contributed by atoms with E-state index in [0.717, 1.165) is 24.3 Å². The molecule has 7 nitrogen and oxygen atoms in total. The number of halogens is 3. The Labute approximate surface area is 179 Å². The quantitative estimate of drug-likeness (QED) is 0.371. The summed E-state index contributed by atoms with van der Waals surface area (Å²) in [6.07, 6.45) is -3.08. The lowest BCUT2D eigenvalue weighted by Crippen LogP contribution is -2.51. The minimum atomic E-state index is -4.45. The van der Waals surface area contributed by atoms with Gasteiger partial charge in [0.15, 0.2) is 11.7 Å². The van der Waals surface area contributed by atoms with Crippen LogP contribution in [0.5, 0.6) is 5.75 Å². The second-order valence-corrected chi connectivity index (χ2v) is 6.68. The molecule has 0 aliphatic carbocycles. The van der Waals surface area contributed by atoms with Crippen molar-refractivity contribution in [2.24, 2.45) is 0 Å². The maximum atomic E-state index is 12.5. The average Bonchev–Trinajstić information content (AvgIpc) is 2.70. The van der Waals surface area contributed by atoms with Crippen molar-refractivity contribution in [3.05, 3.63) is 65.2 Å². The Balaban J connectivity index is 1.55. The number of rotatable bonds is 5. The summed E-state index contributed by atoms with van der Waals surface area (Å²) in [4.78, 5) is 35.6. The predicted octanol–water partition coefficient (Wildman–Crippen LogP) is 2.64. The summed E-state index contributed by atoms with van der Waals surface area (Å²) in [6.45, 7) is -0.371. The van der Waals surface area contributed by atoms with E-state index in [1.165, 1.54) is 18.2 Å². The number of benzene rings is 2. The predicted molar refractivity (Wildman–Crippen MR) is 109 cm³/mol. The van der Waals surface area contributed by atoms with Crippen LogP contribution in [-0.4, -0.2) is 29.4 Å². The molecular weight excluding hydrogens is 435 g/mol. The van der Waals surface area contributed by atoms with Crippen molar-refractivity contribution in [2.45, 2.75) is 6.18 Å². The number of anilines is 1. The van der Waals surface area contributed by atoms with E-state index >= 15 is 0 Å². The summed E-state index contributed by atoms with van der Waals surface area (Å²) in [5.74, 6) is -1.45. The van der Waals surface area contributed by atoms with E-state index in [4.69, 9.17) is 17.0 Å². The molecule has 0 radical (unpaired) electrons. The molecule has 3 amide bonds. The maximum absolute atomic E-state index is 12.5. The standard InChI is InChI=1S/C20H14F3N3O4S/c21-20(22,23)12-3-5-13(6-4-12)24-16(27)10-30-14-7-1-11(2-8-14)9-15-17(28)25-19(31)26-18(15)29/h1-9H,10H2,(H,24,27)(H2,25,26,28,29,31). The molecule has 3 rings (SSSR count). The van der Waals surface area contributed by atoms with Gasteiger partial charge in [0.2, 0.25) is 0 Å². The molecule has 11 heteroatoms. The molecule has 0 saturated carbocycles. The highest BCUT2D eigenvalue weighted by Crippen LogP contribution is 2.29. The second-order valence-electron chi connectivity index (χ2n) is 6.28. The minimum Gasteiger partial charge on any atom is -0.484 e. The Morgan fingerprint density at radius 1 is 1.00 bits per heavy atom. The third kappa shape index (κ3) is 5.89. The summed E-state index contributed by atoms with van der Waals surface area (Å²) >= 11 is 4.72. The third-order valence-corrected chi connectivity index (χ3v) is 4.20. The smallest absolute Gasteiger partial charge is 0.416 e. The first-order valence-electron chi connectivity index (χ1n) is 8.70. The number of nitrogens with one attached hydrogen (secondary N) is 3. The number of alkyl halides is 3. The van der Waals surface area contributed by atoms with E-state index in [9.17, 15) is 27.6 Å². The van der Waals surface area contributed by atoms with Crippen LogP contribution in [0.4, 0.5) is 18.9 Å². The fourth-order valence-corrected chi connectivity index (χ4v) is 2.71. The summed E-state index contributed by atoms with van der Waals surface area (Å²) in [5.41, 5.74) is -0.192. The monoisotopic (exact) mass is 449 g/mol. The molecule has 0 aromatic heterocycles. The van der Waals surface area contributed by atoms with Gasteiger partial charge in [-0.1, -0.05) is 12.1 Å². The van der Waals surface area contributed by atoms with Gasteiger partial charge in [-0.25, -0.2) is 0 Å². The van der Waals surface area contributed by atoms with E-state index in [1.54, 1.807) is 12.1 Å². The molecule has 0 unspecified atom stereocenters. The lowest BCUT2D eigenvalue weighted by Gasteiger charge is -2.16. The first-order chi connectivity index (χ1) is 14.6. The fourth-order valence-electron chi connectivity index (χ4n) is 2.52. The molecule has 160 valence electrons. The third-order valence-electron chi connectivity index (χ3n) is 4.00. The van der Waals surface area contributed by atoms with Crippen molar-refractivity contribution in [2.75, 3.05) is 11.9 Å². The van der Waals surface area contributed by atoms with Gasteiger partial charge in [-0.05, 0) is 60.3 Å². The van der Waals surface area contributed by atoms with Gasteiger partial charge in [0.25, 0.3) is 17.7 Å². The van der Waals surface area contributed by atoms with Gasteiger partial charge in [-0.15, -0.1) is 0 Å². The zero-order chi connectivity index (χ0) is 22.6. The number of carbonyl (C=O) groups excluding carboxylic acids is 3. The number of hydrogen-bond acceptors (Lipinski definition) is 5. The van der Waals surface area contributed by atoms with Crippen molar-refractivity contribution >= 4 is 46.8 Å². The molecule has 1 aliphatic rings. The minimum absolute atomic E-state index is 0.0644. The van der Waals surface area contributed by atoms with Gasteiger partial charge < -0.3 is 10.1 Å². The topological polar surface area (TPSA) is 96.5 Å². The van der Waals surface area contributed by atoms with Gasteiger partial charge in [0, 0.05) is 5.69 Å². The Bertz CT molecular complexity index is 1040. The molecule has 1 heterocycles. The molecule has 0 atom stereocenters. The van der Waals surface area contributed by atoms with Crippen LogP contribution in [0.2, 0.25) is 0 Å². The molecule has 0 spiro atoms. The highest BCUT2D eigenvalue weighted by atomic mass is 32.1. The fraction of sp³-hybridized carbons (Fsp3) is 0.100. The van der Waals surface area contributed by atoms with Crippen LogP contribution in [0.1, 0.15) is 11.1 Å². The van der Waals surface area contributed by atoms with Crippen LogP contribution < -0.4 is 20.7 Å². The lowest BCUT2D eigenvalue weighted by molar-refractivity contribution is -0.137. The van der Waals surface area contributed by atoms with E-state index in [-0.39, 0.29) is 23.0 Å². The number of thiocarbonyl (C=S) groups is 1. The van der Waals surface area contributed by atoms with E-state index in [2.05, 4.69) is 16.0 Å². The Morgan fingerprint density at radius 3 is 2.13 bits per heavy atom. The SMILES string of the molecule is O=C(COc1ccc(C=C2C(=O)NC(=S)NC2=O)cc1)Nc1ccc(C(F)(F)F)cc1. The molecule has 2 aromatic carbocycles. The van der Waals surface area contributed by atoms with Gasteiger partial charge in [0.1, 0.15) is 11.3 Å². The van der Waals surface area contributed by atoms with Crippen LogP contribution in [0, 0.1) is 0 Å². The van der Waals surface area contributed by atoms with Crippen molar-refractivity contribution in [1.29, 1.82) is 0 Å². The molecule has 1 fully saturated rings. The zero-order valence-electron chi connectivity index (χ0n) is 15.6. The number of carbonyl (C=O) groups is 3. The van der Waals surface area contributed by atoms with Crippen molar-refractivity contribution < 1.29 is 32.3 Å². The van der Waals surface area contributed by atoms with Gasteiger partial charge in [-0.3, -0.25) is 25.0 Å². The van der Waals surface area contributed by atoms with Crippen LogP contribution >= 0.6 is 12.2 Å². The van der Waals surface area contributed by atoms with E-state index in [1.807, 2.05) is 0 Å². The molecule has 2 aromatic rings. The van der Waals surface area contributed by atoms with Crippen molar-refractivity contribution in [3.63, 3.8) is 0 Å². The van der Waals surface area contributed by atoms with Crippen LogP contribution in [0.15, 0.2) is 54.1 Å². The van der Waals surface area contributed by atoms with E-state index in [0.29, 0.717) is 11.3 Å². The zero-order valence-corrected chi connectivity index (χ0v) is 16.4. The van der Waals surface area contributed by atoms with Crippen LogP contribution in [0.3, 0.4) is 0 Å². The molecule has 3 N–H and O–H groups in total. The van der Waals surface area contributed by atoms with Gasteiger partial charge in [-0.2, -0.15) is 13.2 Å². The number of ether oxygens (including phenoxy) is 1. The maximum Gasteiger partial charge on any atom is 0.416 e. The summed E-state index contributed by atoms with van der Waals surface area (Å²) < 4.78 is 43.0. The molecule has 1 saturated heterocycles. The average molecular weight is 449 g/mol. The number of amides is 3. The second kappa shape index (κ2) is 8.96. The normalized spacial score (nSPS) is 13.9. The summed E-state index contributed by atoms with van der Waals surface area (Å²) in [6, 6.07) is 10.2. The first kappa shape index (κ1) is 22.0. The van der Waals surface area contributed by atoms with Crippen LogP contribution in [0.25, 0.3) is 6.08 Å². The van der Waals surface area contributed by atoms with Crippen LogP contribution in [-0.2, 0) is 20.6 Å². The lowest BCUT2D eigenvalue weighted by atomic mass is 10.1. The molecule has 1 aliphatic heterocycles. The first-order valence-corrected chi connectivity index (χ1v) is 9.11. The van der Waals surface area contributed by atoms with E-state index < -0.39 is 29.5 Å². The summed E-state index contributed by atoms with van der Waals surface area (Å²) in [5, 5.41) is 7.01. The summed E-state index contributed by atoms with van der Waals surface area (Å²) in [7, 11) is 0. The highest BCUT2D eigenvalue weighted by Gasteiger charge is 2.30. The molecular formula is C20H14F3N3O4S. The Morgan fingerprint density at radius 2 is 1.58 bits per heavy atom. The molecule has 31 heavy (non-hydrogen) atoms. The van der Waals surface area contributed by atoms with Gasteiger partial charge in [0.05, 0.1) is 5.56 Å².